The van der Waals surface area contributed by atoms with E-state index >= 15 is 0 Å². The quantitative estimate of drug-likeness (QED) is 0.133. The van der Waals surface area contributed by atoms with Crippen molar-refractivity contribution in [1.82, 2.24) is 0 Å². The molecule has 0 N–H and O–H groups in total. The van der Waals surface area contributed by atoms with Crippen molar-refractivity contribution in [1.29, 1.82) is 0 Å². The van der Waals surface area contributed by atoms with Gasteiger partial charge in [-0.15, -0.1) is 0 Å². The smallest absolute Gasteiger partial charge is 0.0158 e. The molecule has 0 aromatic heterocycles. The summed E-state index contributed by atoms with van der Waals surface area (Å²) in [5.74, 6) is 0. The molecule has 0 atom stereocenters. The van der Waals surface area contributed by atoms with E-state index in [2.05, 4.69) is 434 Å². The van der Waals surface area contributed by atoms with Gasteiger partial charge in [-0.3, -0.25) is 0 Å². The Morgan fingerprint density at radius 3 is 1.21 bits per heavy atom. The molecule has 0 fully saturated rings. The predicted octanol–water partition coefficient (Wildman–Crippen LogP) is 31.1. The minimum absolute atomic E-state index is 0.151. The van der Waals surface area contributed by atoms with Crippen molar-refractivity contribution in [2.75, 3.05) is 0 Å². The molecule has 0 nitrogen and oxygen atoms in total. The van der Waals surface area contributed by atoms with Crippen LogP contribution < -0.4 is 0 Å². The summed E-state index contributed by atoms with van der Waals surface area (Å²) >= 11 is 0. The largest absolute Gasteiger partial charge is 0.0619 e. The first kappa shape index (κ1) is 72.1. The van der Waals surface area contributed by atoms with Gasteiger partial charge in [-0.25, -0.2) is 0 Å². The predicted molar refractivity (Wildman–Crippen MR) is 488 cm³/mol. The maximum atomic E-state index is 2.33. The molecule has 542 valence electrons. The zero-order valence-electron chi connectivity index (χ0n) is 66.3. The van der Waals surface area contributed by atoms with Gasteiger partial charge in [0.15, 0.2) is 0 Å². The van der Waals surface area contributed by atoms with Crippen LogP contribution in [0.4, 0.5) is 0 Å². The van der Waals surface area contributed by atoms with E-state index in [0.29, 0.717) is 0 Å². The topological polar surface area (TPSA) is 0 Å². The molecule has 0 unspecified atom stereocenters. The molecule has 0 saturated heterocycles. The number of aryl methyl sites for hydroxylation is 7. The van der Waals surface area contributed by atoms with Gasteiger partial charge in [0, 0.05) is 10.8 Å². The third-order valence-corrected chi connectivity index (χ3v) is 23.9. The zero-order valence-corrected chi connectivity index (χ0v) is 66.3. The molecule has 20 aromatic rings. The lowest BCUT2D eigenvalue weighted by Gasteiger charge is -2.21. The van der Waals surface area contributed by atoms with E-state index in [1.807, 2.05) is 0 Å². The second-order valence-corrected chi connectivity index (χ2v) is 32.3. The summed E-state index contributed by atoms with van der Waals surface area (Å²) in [6.45, 7) is 24.4. The SMILES string of the molecule is Cc1cc2ccccc2c2ccccc12.Cc1ccc2c(c1)-c1ccccc1C2(C)C.Cc1ccc2c(c1)C(C)(C)c1ccccc1-2.Cc1ccc2c(c1)Cc1ccccc1-2.Cc1ccc2c(ccc3ccccc32)c1.Cc1ccc2c3ccccc3c3ccccc3c2c1.Cc1ccc2ccc3cccc4ccc1c2c34. The van der Waals surface area contributed by atoms with Crippen LogP contribution in [0, 0.1) is 48.5 Å². The summed E-state index contributed by atoms with van der Waals surface area (Å²) in [4.78, 5) is 0. The monoisotopic (exact) mass is 1440 g/mol. The third kappa shape index (κ3) is 13.5. The molecule has 0 saturated carbocycles. The van der Waals surface area contributed by atoms with Crippen LogP contribution in [0.2, 0.25) is 0 Å². The van der Waals surface area contributed by atoms with Gasteiger partial charge in [0.2, 0.25) is 0 Å². The Bertz CT molecular complexity index is 6940. The molecule has 20 aromatic carbocycles. The maximum absolute atomic E-state index is 2.33. The number of hydrogen-bond acceptors (Lipinski definition) is 0. The Morgan fingerprint density at radius 1 is 0.179 bits per heavy atom. The normalized spacial score (nSPS) is 12.7. The lowest BCUT2D eigenvalue weighted by atomic mass is 9.82. The molecule has 0 bridgehead atoms. The lowest BCUT2D eigenvalue weighted by molar-refractivity contribution is 0.660. The lowest BCUT2D eigenvalue weighted by Crippen LogP contribution is -2.14. The van der Waals surface area contributed by atoms with Crippen LogP contribution in [0.3, 0.4) is 0 Å². The van der Waals surface area contributed by atoms with Crippen molar-refractivity contribution in [3.05, 3.63) is 430 Å². The van der Waals surface area contributed by atoms with E-state index in [-0.39, 0.29) is 10.8 Å². The first-order valence-electron chi connectivity index (χ1n) is 39.7. The summed E-state index contributed by atoms with van der Waals surface area (Å²) in [6.07, 6.45) is 1.10. The van der Waals surface area contributed by atoms with E-state index in [0.717, 1.165) is 6.42 Å². The molecule has 3 aliphatic rings. The number of benzene rings is 20. The first-order valence-corrected chi connectivity index (χ1v) is 39.7. The number of rotatable bonds is 0. The average Bonchev–Trinajstić information content (AvgIpc) is 1.25. The van der Waals surface area contributed by atoms with Crippen molar-refractivity contribution < 1.29 is 0 Å². The van der Waals surface area contributed by atoms with Crippen LogP contribution >= 0.6 is 0 Å². The van der Waals surface area contributed by atoms with Gasteiger partial charge < -0.3 is 0 Å². The fourth-order valence-corrected chi connectivity index (χ4v) is 18.2. The van der Waals surface area contributed by atoms with Crippen LogP contribution in [-0.4, -0.2) is 0 Å². The molecular weight excluding hydrogens is 1350 g/mol. The Kier molecular flexibility index (Phi) is 19.3. The van der Waals surface area contributed by atoms with E-state index < -0.39 is 0 Å². The highest BCUT2D eigenvalue weighted by Gasteiger charge is 2.36. The molecular formula is C112H94. The highest BCUT2D eigenvalue weighted by Crippen LogP contribution is 2.50. The highest BCUT2D eigenvalue weighted by molar-refractivity contribution is 6.26. The maximum Gasteiger partial charge on any atom is 0.0158 e. The Labute approximate surface area is 660 Å². The van der Waals surface area contributed by atoms with Gasteiger partial charge in [-0.05, 0) is 240 Å². The van der Waals surface area contributed by atoms with Crippen molar-refractivity contribution >= 4 is 108 Å². The van der Waals surface area contributed by atoms with Crippen LogP contribution in [0.1, 0.15) is 100 Å². The molecule has 112 heavy (non-hydrogen) atoms. The molecule has 0 spiro atoms. The second kappa shape index (κ2) is 29.9. The molecule has 3 aliphatic carbocycles. The van der Waals surface area contributed by atoms with E-state index in [1.165, 1.54) is 213 Å². The summed E-state index contributed by atoms with van der Waals surface area (Å²) in [5.41, 5.74) is 26.9. The van der Waals surface area contributed by atoms with Gasteiger partial charge in [-0.1, -0.05) is 413 Å². The van der Waals surface area contributed by atoms with Crippen molar-refractivity contribution in [3.8, 4) is 33.4 Å². The zero-order chi connectivity index (χ0) is 76.9. The van der Waals surface area contributed by atoms with Crippen LogP contribution in [0.25, 0.3) is 141 Å². The Morgan fingerprint density at radius 2 is 0.545 bits per heavy atom. The number of hydrogen-bond donors (Lipinski definition) is 0. The summed E-state index contributed by atoms with van der Waals surface area (Å²) < 4.78 is 0. The Hall–Kier alpha value is -12.7. The Balaban J connectivity index is 0.0000000950. The molecule has 0 radical (unpaired) electrons. The molecule has 0 amide bonds. The van der Waals surface area contributed by atoms with Gasteiger partial charge in [0.05, 0.1) is 0 Å². The highest BCUT2D eigenvalue weighted by atomic mass is 14.4. The van der Waals surface area contributed by atoms with Crippen molar-refractivity contribution in [3.63, 3.8) is 0 Å². The number of fused-ring (bicyclic) bond motifs is 21. The van der Waals surface area contributed by atoms with Crippen molar-refractivity contribution in [2.45, 2.75) is 93.4 Å². The van der Waals surface area contributed by atoms with Crippen LogP contribution in [0.15, 0.2) is 358 Å². The molecule has 0 heterocycles. The van der Waals surface area contributed by atoms with Crippen molar-refractivity contribution in [2.24, 2.45) is 0 Å². The first-order chi connectivity index (χ1) is 54.4. The average molecular weight is 1440 g/mol. The molecule has 0 aliphatic heterocycles. The minimum Gasteiger partial charge on any atom is -0.0619 e. The van der Waals surface area contributed by atoms with Gasteiger partial charge in [0.25, 0.3) is 0 Å². The van der Waals surface area contributed by atoms with Gasteiger partial charge in [-0.2, -0.15) is 0 Å². The third-order valence-electron chi connectivity index (χ3n) is 23.9. The van der Waals surface area contributed by atoms with E-state index in [1.54, 1.807) is 0 Å². The van der Waals surface area contributed by atoms with Gasteiger partial charge >= 0.3 is 0 Å². The second-order valence-electron chi connectivity index (χ2n) is 32.3. The van der Waals surface area contributed by atoms with Crippen LogP contribution in [-0.2, 0) is 17.3 Å². The standard InChI is InChI=1S/C19H14.C17H12.2C16H16.2C15H12.C14H12/c1-13-10-11-18-16-8-3-2-6-14(16)15-7-4-5-9-17(15)19(18)12-13;1-11-5-6-14-8-7-12-3-2-4-13-9-10-15(11)17(14)16(12)13;1-11-8-9-15-13(10-11)12-6-4-5-7-14(12)16(15,2)3;1-11-8-9-13-12-6-4-5-7-14(12)16(2,3)15(13)10-11;1-11-10-12-6-2-3-8-14(12)15-9-5-4-7-13(11)15;1-11-6-9-15-13(10-11)8-7-12-4-2-3-5-14(12)15;1-10-6-7-14-12(8-10)9-11-4-2-3-5-13(11)14/h2-12H,1H3;2-10H,1H3;2*4-10H,1-3H3;2*2-10H,1H3;2-8H,9H2,1H3. The van der Waals surface area contributed by atoms with Gasteiger partial charge in [0.1, 0.15) is 0 Å². The fourth-order valence-electron chi connectivity index (χ4n) is 18.2. The summed E-state index contributed by atoms with van der Waals surface area (Å²) in [7, 11) is 0. The summed E-state index contributed by atoms with van der Waals surface area (Å²) in [5, 5.41) is 27.0. The molecule has 23 rings (SSSR count). The van der Waals surface area contributed by atoms with Crippen LogP contribution in [0.5, 0.6) is 0 Å². The van der Waals surface area contributed by atoms with E-state index in [4.69, 9.17) is 0 Å². The minimum atomic E-state index is 0.151. The summed E-state index contributed by atoms with van der Waals surface area (Å²) in [6, 6.07) is 130. The molecule has 0 heteroatoms. The van der Waals surface area contributed by atoms with E-state index in [9.17, 15) is 0 Å². The fraction of sp³-hybridized carbons (Fsp3) is 0.125.